The van der Waals surface area contributed by atoms with Gasteiger partial charge in [-0.2, -0.15) is 0 Å². The van der Waals surface area contributed by atoms with Gasteiger partial charge in [-0.3, -0.25) is 0 Å². The van der Waals surface area contributed by atoms with Gasteiger partial charge < -0.3 is 4.43 Å². The fourth-order valence-corrected chi connectivity index (χ4v) is 3.70. The zero-order valence-electron chi connectivity index (χ0n) is 10.2. The number of hydrogen-bond acceptors (Lipinski definition) is 1. The van der Waals surface area contributed by atoms with Gasteiger partial charge >= 0.3 is 0 Å². The smallest absolute Gasteiger partial charge is 0.224 e. The molecule has 0 fully saturated rings. The van der Waals surface area contributed by atoms with Crippen molar-refractivity contribution in [2.45, 2.75) is 26.4 Å². The molecule has 0 bridgehead atoms. The number of rotatable bonds is 4. The van der Waals surface area contributed by atoms with E-state index >= 15 is 0 Å². The number of hydrogen-bond donors (Lipinski definition) is 0. The van der Waals surface area contributed by atoms with Crippen LogP contribution in [0.25, 0.3) is 0 Å². The average molecular weight is 284 g/mol. The van der Waals surface area contributed by atoms with Crippen molar-refractivity contribution in [2.24, 2.45) is 0 Å². The third kappa shape index (κ3) is 2.56. The molecule has 1 rings (SSSR count). The molecule has 102 valence electrons. The zero-order valence-corrected chi connectivity index (χ0v) is 11.2. The Bertz CT molecular complexity index is 432. The van der Waals surface area contributed by atoms with E-state index in [1.807, 2.05) is 0 Å². The molecule has 1 nitrogen and oxygen atoms in total. The third-order valence-electron chi connectivity index (χ3n) is 2.48. The average Bonchev–Trinajstić information content (AvgIpc) is 2.31. The highest BCUT2D eigenvalue weighted by Gasteiger charge is 2.37. The van der Waals surface area contributed by atoms with Crippen LogP contribution >= 0.6 is 0 Å². The molecule has 0 saturated carbocycles. The standard InChI is InChI=1S/C11H13F5OSi/c1-4-5-17-18(2,3)11-9(15)7(13)6(12)8(14)10(11)16/h4-5H2,1-3H3. The first-order valence-corrected chi connectivity index (χ1v) is 8.30. The van der Waals surface area contributed by atoms with Crippen LogP contribution < -0.4 is 5.19 Å². The summed E-state index contributed by atoms with van der Waals surface area (Å²) in [6.45, 7) is 4.77. The quantitative estimate of drug-likeness (QED) is 0.357. The van der Waals surface area contributed by atoms with E-state index in [2.05, 4.69) is 0 Å². The summed E-state index contributed by atoms with van der Waals surface area (Å²) in [6.07, 6.45) is 0.589. The van der Waals surface area contributed by atoms with Crippen LogP contribution in [0.1, 0.15) is 13.3 Å². The Morgan fingerprint density at radius 2 is 1.22 bits per heavy atom. The van der Waals surface area contributed by atoms with Gasteiger partial charge in [-0.25, -0.2) is 22.0 Å². The summed E-state index contributed by atoms with van der Waals surface area (Å²) in [5.41, 5.74) is 0. The lowest BCUT2D eigenvalue weighted by Crippen LogP contribution is -2.50. The summed E-state index contributed by atoms with van der Waals surface area (Å²) >= 11 is 0. The van der Waals surface area contributed by atoms with Crippen LogP contribution in [0.4, 0.5) is 22.0 Å². The fraction of sp³-hybridized carbons (Fsp3) is 0.455. The second-order valence-corrected chi connectivity index (χ2v) is 8.11. The van der Waals surface area contributed by atoms with Crippen LogP contribution in [-0.4, -0.2) is 14.9 Å². The molecule has 1 aromatic carbocycles. The number of benzene rings is 1. The lowest BCUT2D eigenvalue weighted by Gasteiger charge is -2.24. The molecular weight excluding hydrogens is 271 g/mol. The molecule has 0 spiro atoms. The van der Waals surface area contributed by atoms with Gasteiger partial charge in [0.05, 0.1) is 0 Å². The van der Waals surface area contributed by atoms with Crippen LogP contribution in [0.3, 0.4) is 0 Å². The summed E-state index contributed by atoms with van der Waals surface area (Å²) in [4.78, 5) is 0. The van der Waals surface area contributed by atoms with Gasteiger partial charge in [-0.05, 0) is 19.5 Å². The molecule has 0 unspecified atom stereocenters. The lowest BCUT2D eigenvalue weighted by atomic mass is 10.3. The first kappa shape index (κ1) is 15.1. The first-order chi connectivity index (χ1) is 8.24. The SMILES string of the molecule is CCCO[Si](C)(C)c1c(F)c(F)c(F)c(F)c1F. The van der Waals surface area contributed by atoms with Crippen LogP contribution in [0, 0.1) is 29.1 Å². The summed E-state index contributed by atoms with van der Waals surface area (Å²) in [5.74, 6) is -9.58. The second kappa shape index (κ2) is 5.36. The molecule has 0 aliphatic carbocycles. The maximum Gasteiger partial charge on any atom is 0.224 e. The minimum Gasteiger partial charge on any atom is -0.413 e. The predicted octanol–water partition coefficient (Wildman–Crippen LogP) is 3.22. The summed E-state index contributed by atoms with van der Waals surface area (Å²) in [5, 5.41) is -0.813. The minimum absolute atomic E-state index is 0.207. The molecule has 7 heteroatoms. The molecule has 0 aliphatic rings. The molecule has 0 aliphatic heterocycles. The molecule has 0 heterocycles. The van der Waals surface area contributed by atoms with Gasteiger partial charge in [0.2, 0.25) is 14.1 Å². The van der Waals surface area contributed by atoms with Crippen molar-refractivity contribution in [3.63, 3.8) is 0 Å². The van der Waals surface area contributed by atoms with E-state index in [-0.39, 0.29) is 6.61 Å². The Morgan fingerprint density at radius 1 is 0.833 bits per heavy atom. The maximum absolute atomic E-state index is 13.6. The monoisotopic (exact) mass is 284 g/mol. The Labute approximate surface area is 103 Å². The van der Waals surface area contributed by atoms with Crippen molar-refractivity contribution >= 4 is 13.5 Å². The van der Waals surface area contributed by atoms with E-state index in [9.17, 15) is 22.0 Å². The van der Waals surface area contributed by atoms with Gasteiger partial charge in [0, 0.05) is 11.8 Å². The van der Waals surface area contributed by atoms with Crippen LogP contribution in [0.2, 0.25) is 13.1 Å². The van der Waals surface area contributed by atoms with E-state index in [0.717, 1.165) is 0 Å². The molecule has 18 heavy (non-hydrogen) atoms. The van der Waals surface area contributed by atoms with Gasteiger partial charge in [0.25, 0.3) is 0 Å². The maximum atomic E-state index is 13.6. The molecule has 0 aromatic heterocycles. The Kier molecular flexibility index (Phi) is 4.49. The lowest BCUT2D eigenvalue weighted by molar-refractivity contribution is 0.311. The number of halogens is 5. The van der Waals surface area contributed by atoms with Crippen molar-refractivity contribution in [3.05, 3.63) is 29.1 Å². The molecular formula is C11H13F5OSi. The molecule has 0 amide bonds. The Hall–Kier alpha value is -0.953. The van der Waals surface area contributed by atoms with E-state index in [0.29, 0.717) is 6.42 Å². The first-order valence-electron chi connectivity index (χ1n) is 5.39. The van der Waals surface area contributed by atoms with Crippen LogP contribution in [-0.2, 0) is 4.43 Å². The van der Waals surface area contributed by atoms with E-state index in [1.54, 1.807) is 6.92 Å². The van der Waals surface area contributed by atoms with Gasteiger partial charge in [-0.1, -0.05) is 6.92 Å². The topological polar surface area (TPSA) is 9.23 Å². The molecule has 0 atom stereocenters. The Morgan fingerprint density at radius 3 is 1.61 bits per heavy atom. The summed E-state index contributed by atoms with van der Waals surface area (Å²) in [6, 6.07) is 0. The highest BCUT2D eigenvalue weighted by Crippen LogP contribution is 2.20. The predicted molar refractivity (Wildman–Crippen MR) is 59.6 cm³/mol. The van der Waals surface area contributed by atoms with Crippen LogP contribution in [0.5, 0.6) is 0 Å². The highest BCUT2D eigenvalue weighted by atomic mass is 28.4. The highest BCUT2D eigenvalue weighted by molar-refractivity contribution is 6.84. The fourth-order valence-electron chi connectivity index (χ4n) is 1.56. The molecule has 0 N–H and O–H groups in total. The largest absolute Gasteiger partial charge is 0.413 e. The van der Waals surface area contributed by atoms with Crippen molar-refractivity contribution in [1.29, 1.82) is 0 Å². The van der Waals surface area contributed by atoms with E-state index in [4.69, 9.17) is 4.43 Å². The van der Waals surface area contributed by atoms with Crippen molar-refractivity contribution in [1.82, 2.24) is 0 Å². The molecule has 0 radical (unpaired) electrons. The zero-order chi connectivity index (χ0) is 14.1. The van der Waals surface area contributed by atoms with Gasteiger partial charge in [0.1, 0.15) is 0 Å². The normalized spacial score (nSPS) is 12.0. The van der Waals surface area contributed by atoms with Crippen molar-refractivity contribution < 1.29 is 26.4 Å². The van der Waals surface area contributed by atoms with Crippen LogP contribution in [0.15, 0.2) is 0 Å². The van der Waals surface area contributed by atoms with E-state index in [1.165, 1.54) is 13.1 Å². The third-order valence-corrected chi connectivity index (χ3v) is 5.05. The van der Waals surface area contributed by atoms with E-state index < -0.39 is 42.6 Å². The van der Waals surface area contributed by atoms with Gasteiger partial charge in [-0.15, -0.1) is 0 Å². The van der Waals surface area contributed by atoms with Crippen molar-refractivity contribution in [3.8, 4) is 0 Å². The summed E-state index contributed by atoms with van der Waals surface area (Å²) < 4.78 is 71.4. The second-order valence-electron chi connectivity index (χ2n) is 4.30. The van der Waals surface area contributed by atoms with Crippen molar-refractivity contribution in [2.75, 3.05) is 6.61 Å². The Balaban J connectivity index is 3.41. The molecule has 0 saturated heterocycles. The minimum atomic E-state index is -3.17. The summed E-state index contributed by atoms with van der Waals surface area (Å²) in [7, 11) is -3.17. The van der Waals surface area contributed by atoms with Gasteiger partial charge in [0.15, 0.2) is 23.3 Å². The molecule has 1 aromatic rings.